The summed E-state index contributed by atoms with van der Waals surface area (Å²) in [6.07, 6.45) is 0. The second-order valence-corrected chi connectivity index (χ2v) is 6.95. The molecule has 0 saturated carbocycles. The van der Waals surface area contributed by atoms with Crippen molar-refractivity contribution in [3.63, 3.8) is 0 Å². The monoisotopic (exact) mass is 384 g/mol. The van der Waals surface area contributed by atoms with Gasteiger partial charge in [0, 0.05) is 25.2 Å². The summed E-state index contributed by atoms with van der Waals surface area (Å²) in [5, 5.41) is 2.97. The summed E-state index contributed by atoms with van der Waals surface area (Å²) in [6.45, 7) is 6.69. The molecule has 1 fully saturated rings. The highest BCUT2D eigenvalue weighted by atomic mass is 16.5. The fourth-order valence-electron chi connectivity index (χ4n) is 3.02. The molecule has 0 radical (unpaired) electrons. The van der Waals surface area contributed by atoms with E-state index in [0.717, 1.165) is 44.3 Å². The van der Waals surface area contributed by atoms with Gasteiger partial charge in [-0.05, 0) is 48.9 Å². The second-order valence-electron chi connectivity index (χ2n) is 6.95. The molecule has 1 aliphatic rings. The van der Waals surface area contributed by atoms with Crippen LogP contribution in [0.2, 0.25) is 0 Å². The van der Waals surface area contributed by atoms with Gasteiger partial charge in [0.05, 0.1) is 26.4 Å². The molecule has 2 aromatic carbocycles. The number of morpholine rings is 1. The van der Waals surface area contributed by atoms with Crippen molar-refractivity contribution in [2.75, 3.05) is 40.0 Å². The minimum absolute atomic E-state index is 0.0937. The molecule has 150 valence electrons. The van der Waals surface area contributed by atoms with E-state index in [2.05, 4.69) is 10.2 Å². The highest BCUT2D eigenvalue weighted by Gasteiger charge is 2.13. The van der Waals surface area contributed by atoms with Crippen LogP contribution in [0.15, 0.2) is 48.5 Å². The average Bonchev–Trinajstić information content (AvgIpc) is 2.74. The van der Waals surface area contributed by atoms with Crippen molar-refractivity contribution >= 4 is 5.91 Å². The van der Waals surface area contributed by atoms with Crippen LogP contribution in [-0.4, -0.2) is 56.9 Å². The summed E-state index contributed by atoms with van der Waals surface area (Å²) in [6, 6.07) is 15.1. The predicted octanol–water partition coefficient (Wildman–Crippen LogP) is 2.72. The maximum Gasteiger partial charge on any atom is 0.251 e. The summed E-state index contributed by atoms with van der Waals surface area (Å²) < 4.78 is 16.2. The van der Waals surface area contributed by atoms with Crippen molar-refractivity contribution in [1.82, 2.24) is 10.2 Å². The van der Waals surface area contributed by atoms with Gasteiger partial charge < -0.3 is 19.5 Å². The molecule has 28 heavy (non-hydrogen) atoms. The van der Waals surface area contributed by atoms with E-state index in [1.54, 1.807) is 7.11 Å². The summed E-state index contributed by atoms with van der Waals surface area (Å²) in [7, 11) is 1.63. The van der Waals surface area contributed by atoms with E-state index >= 15 is 0 Å². The van der Waals surface area contributed by atoms with Crippen LogP contribution < -0.4 is 14.8 Å². The number of methoxy groups -OCH3 is 1. The van der Waals surface area contributed by atoms with Crippen LogP contribution >= 0.6 is 0 Å². The highest BCUT2D eigenvalue weighted by Crippen LogP contribution is 2.17. The molecule has 1 saturated heterocycles. The topological polar surface area (TPSA) is 60.0 Å². The van der Waals surface area contributed by atoms with E-state index in [9.17, 15) is 4.79 Å². The number of nitrogens with one attached hydrogen (secondary N) is 1. The van der Waals surface area contributed by atoms with Crippen molar-refractivity contribution in [1.29, 1.82) is 0 Å². The van der Waals surface area contributed by atoms with Gasteiger partial charge in [-0.3, -0.25) is 9.69 Å². The van der Waals surface area contributed by atoms with Crippen molar-refractivity contribution in [2.24, 2.45) is 0 Å². The van der Waals surface area contributed by atoms with Gasteiger partial charge in [0.15, 0.2) is 0 Å². The van der Waals surface area contributed by atoms with Crippen molar-refractivity contribution in [2.45, 2.75) is 19.5 Å². The molecule has 0 bridgehead atoms. The Kier molecular flexibility index (Phi) is 7.28. The summed E-state index contributed by atoms with van der Waals surface area (Å²) >= 11 is 0. The Labute approximate surface area is 166 Å². The number of carbonyl (C=O) groups excluding carboxylic acids is 1. The lowest BCUT2D eigenvalue weighted by atomic mass is 10.1. The fourth-order valence-corrected chi connectivity index (χ4v) is 3.02. The Morgan fingerprint density at radius 3 is 2.36 bits per heavy atom. The average molecular weight is 384 g/mol. The number of rotatable bonds is 8. The standard InChI is InChI=1S/C22H28N2O4/c1-17(16-28-21-9-7-20(26-2)8-10-21)23-22(25)19-5-3-18(4-6-19)15-24-11-13-27-14-12-24/h3-10,17H,11-16H2,1-2H3,(H,23,25). The first-order valence-electron chi connectivity index (χ1n) is 9.61. The van der Waals surface area contributed by atoms with Gasteiger partial charge in [-0.25, -0.2) is 0 Å². The molecular formula is C22H28N2O4. The molecule has 3 rings (SSSR count). The smallest absolute Gasteiger partial charge is 0.251 e. The van der Waals surface area contributed by atoms with Gasteiger partial charge in [-0.15, -0.1) is 0 Å². The Bertz CT molecular complexity index is 740. The van der Waals surface area contributed by atoms with Crippen molar-refractivity contribution in [3.05, 3.63) is 59.7 Å². The molecule has 1 N–H and O–H groups in total. The van der Waals surface area contributed by atoms with Crippen LogP contribution in [0.5, 0.6) is 11.5 Å². The lowest BCUT2D eigenvalue weighted by Gasteiger charge is -2.26. The number of ether oxygens (including phenoxy) is 3. The van der Waals surface area contributed by atoms with E-state index < -0.39 is 0 Å². The molecule has 6 nitrogen and oxygen atoms in total. The number of carbonyl (C=O) groups is 1. The SMILES string of the molecule is COc1ccc(OCC(C)NC(=O)c2ccc(CN3CCOCC3)cc2)cc1. The van der Waals surface area contributed by atoms with Crippen LogP contribution in [0.4, 0.5) is 0 Å². The number of hydrogen-bond donors (Lipinski definition) is 1. The molecule has 1 heterocycles. The Balaban J connectivity index is 1.45. The molecule has 0 spiro atoms. The maximum atomic E-state index is 12.4. The van der Waals surface area contributed by atoms with E-state index in [1.165, 1.54) is 5.56 Å². The highest BCUT2D eigenvalue weighted by molar-refractivity contribution is 5.94. The third-order valence-corrected chi connectivity index (χ3v) is 4.66. The Morgan fingerprint density at radius 1 is 1.07 bits per heavy atom. The van der Waals surface area contributed by atoms with Gasteiger partial charge in [0.25, 0.3) is 5.91 Å². The second kappa shape index (κ2) is 10.1. The predicted molar refractivity (Wildman–Crippen MR) is 108 cm³/mol. The van der Waals surface area contributed by atoms with Crippen LogP contribution in [0.3, 0.4) is 0 Å². The Morgan fingerprint density at radius 2 is 1.71 bits per heavy atom. The Hall–Kier alpha value is -2.57. The van der Waals surface area contributed by atoms with Gasteiger partial charge >= 0.3 is 0 Å². The van der Waals surface area contributed by atoms with Crippen molar-refractivity contribution < 1.29 is 19.0 Å². The van der Waals surface area contributed by atoms with Gasteiger partial charge in [0.1, 0.15) is 18.1 Å². The number of benzene rings is 2. The molecule has 1 unspecified atom stereocenters. The quantitative estimate of drug-likeness (QED) is 0.758. The molecule has 0 aliphatic carbocycles. The molecule has 1 atom stereocenters. The van der Waals surface area contributed by atoms with Crippen LogP contribution in [0.1, 0.15) is 22.8 Å². The molecule has 6 heteroatoms. The third-order valence-electron chi connectivity index (χ3n) is 4.66. The number of nitrogens with zero attached hydrogens (tertiary/aromatic N) is 1. The number of amides is 1. The zero-order chi connectivity index (χ0) is 19.8. The summed E-state index contributed by atoms with van der Waals surface area (Å²) in [4.78, 5) is 14.8. The van der Waals surface area contributed by atoms with Gasteiger partial charge in [-0.1, -0.05) is 12.1 Å². The minimum atomic E-state index is -0.109. The lowest BCUT2D eigenvalue weighted by Crippen LogP contribution is -2.37. The minimum Gasteiger partial charge on any atom is -0.497 e. The van der Waals surface area contributed by atoms with E-state index in [-0.39, 0.29) is 11.9 Å². The zero-order valence-corrected chi connectivity index (χ0v) is 16.5. The largest absolute Gasteiger partial charge is 0.497 e. The molecule has 2 aromatic rings. The van der Waals surface area contributed by atoms with E-state index in [0.29, 0.717) is 12.2 Å². The third kappa shape index (κ3) is 5.97. The van der Waals surface area contributed by atoms with Gasteiger partial charge in [-0.2, -0.15) is 0 Å². The maximum absolute atomic E-state index is 12.4. The molecular weight excluding hydrogens is 356 g/mol. The normalized spacial score (nSPS) is 15.6. The first-order valence-corrected chi connectivity index (χ1v) is 9.61. The molecule has 1 amide bonds. The van der Waals surface area contributed by atoms with Crippen LogP contribution in [0, 0.1) is 0 Å². The molecule has 1 aliphatic heterocycles. The summed E-state index contributed by atoms with van der Waals surface area (Å²) in [5.41, 5.74) is 1.86. The summed E-state index contributed by atoms with van der Waals surface area (Å²) in [5.74, 6) is 1.43. The van der Waals surface area contributed by atoms with Crippen molar-refractivity contribution in [3.8, 4) is 11.5 Å². The lowest BCUT2D eigenvalue weighted by molar-refractivity contribution is 0.0342. The fraction of sp³-hybridized carbons (Fsp3) is 0.409. The van der Waals surface area contributed by atoms with Gasteiger partial charge in [0.2, 0.25) is 0 Å². The zero-order valence-electron chi connectivity index (χ0n) is 16.5. The van der Waals surface area contributed by atoms with Crippen LogP contribution in [0.25, 0.3) is 0 Å². The van der Waals surface area contributed by atoms with E-state index in [4.69, 9.17) is 14.2 Å². The first kappa shape index (κ1) is 20.2. The molecule has 0 aromatic heterocycles. The van der Waals surface area contributed by atoms with Crippen LogP contribution in [-0.2, 0) is 11.3 Å². The number of hydrogen-bond acceptors (Lipinski definition) is 5. The van der Waals surface area contributed by atoms with E-state index in [1.807, 2.05) is 55.5 Å². The first-order chi connectivity index (χ1) is 13.6.